The van der Waals surface area contributed by atoms with E-state index in [1.807, 2.05) is 0 Å². The molecule has 0 bridgehead atoms. The lowest BCUT2D eigenvalue weighted by atomic mass is 10.7. The monoisotopic (exact) mass is 188 g/mol. The molecule has 0 saturated carbocycles. The fourth-order valence-corrected chi connectivity index (χ4v) is 1.34. The highest BCUT2D eigenvalue weighted by atomic mass is 32.2. The molecular weight excluding hydrogens is 180 g/mol. The Kier molecular flexibility index (Phi) is 2.22. The highest BCUT2D eigenvalue weighted by molar-refractivity contribution is 7.84. The van der Waals surface area contributed by atoms with E-state index in [9.17, 15) is 9.00 Å². The van der Waals surface area contributed by atoms with Gasteiger partial charge < -0.3 is 5.73 Å². The summed E-state index contributed by atoms with van der Waals surface area (Å²) in [7, 11) is 0.123. The van der Waals surface area contributed by atoms with Crippen LogP contribution in [0, 0.1) is 0 Å². The topological polar surface area (TPSA) is 90.9 Å². The van der Waals surface area contributed by atoms with Crippen molar-refractivity contribution >= 4 is 16.6 Å². The van der Waals surface area contributed by atoms with Gasteiger partial charge in [0, 0.05) is 13.3 Å². The fourth-order valence-electron chi connectivity index (χ4n) is 0.716. The molecule has 1 aromatic rings. The van der Waals surface area contributed by atoms with Crippen LogP contribution < -0.4 is 11.3 Å². The second kappa shape index (κ2) is 3.02. The molecule has 1 atom stereocenters. The molecule has 12 heavy (non-hydrogen) atoms. The van der Waals surface area contributed by atoms with Crippen molar-refractivity contribution < 1.29 is 4.21 Å². The minimum absolute atomic E-state index is 0.120. The van der Waals surface area contributed by atoms with Gasteiger partial charge in [-0.3, -0.25) is 13.6 Å². The molecule has 1 unspecified atom stereocenters. The quantitative estimate of drug-likeness (QED) is 0.579. The fraction of sp³-hybridized carbons (Fsp3) is 0.400. The van der Waals surface area contributed by atoms with Gasteiger partial charge in [0.1, 0.15) is 0 Å². The summed E-state index contributed by atoms with van der Waals surface area (Å²) in [5, 5.41) is 7.01. The van der Waals surface area contributed by atoms with Crippen molar-refractivity contribution in [1.82, 2.24) is 14.8 Å². The summed E-state index contributed by atoms with van der Waals surface area (Å²) in [4.78, 5) is 11.1. The first-order chi connectivity index (χ1) is 5.54. The first kappa shape index (κ1) is 8.85. The van der Waals surface area contributed by atoms with Gasteiger partial charge in [-0.15, -0.1) is 10.2 Å². The molecule has 1 aromatic heterocycles. The summed E-state index contributed by atoms with van der Waals surface area (Å²) in [6.07, 6.45) is 1.42. The summed E-state index contributed by atoms with van der Waals surface area (Å²) in [5.41, 5.74) is 4.71. The van der Waals surface area contributed by atoms with Crippen LogP contribution in [0.4, 0.5) is 5.82 Å². The van der Waals surface area contributed by atoms with Gasteiger partial charge in [-0.1, -0.05) is 0 Å². The van der Waals surface area contributed by atoms with Crippen LogP contribution in [0.1, 0.15) is 0 Å². The Morgan fingerprint density at radius 1 is 1.50 bits per heavy atom. The van der Waals surface area contributed by atoms with E-state index in [0.717, 1.165) is 4.57 Å². The summed E-state index contributed by atoms with van der Waals surface area (Å²) < 4.78 is 12.1. The van der Waals surface area contributed by atoms with Crippen LogP contribution in [-0.2, 0) is 17.8 Å². The lowest BCUT2D eigenvalue weighted by molar-refractivity contribution is 0.630. The maximum atomic E-state index is 11.1. The molecule has 2 N–H and O–H groups in total. The van der Waals surface area contributed by atoms with E-state index in [-0.39, 0.29) is 11.0 Å². The number of nitrogens with zero attached hydrogens (tertiary/aromatic N) is 3. The van der Waals surface area contributed by atoms with Crippen molar-refractivity contribution in [3.63, 3.8) is 0 Å². The molecule has 0 aliphatic carbocycles. The Balaban J connectivity index is 3.47. The first-order valence-electron chi connectivity index (χ1n) is 3.06. The van der Waals surface area contributed by atoms with Crippen LogP contribution in [0.25, 0.3) is 0 Å². The molecule has 0 fully saturated rings. The number of anilines is 1. The minimum Gasteiger partial charge on any atom is -0.378 e. The van der Waals surface area contributed by atoms with Crippen molar-refractivity contribution in [3.8, 4) is 0 Å². The average molecular weight is 188 g/mol. The second-order valence-electron chi connectivity index (χ2n) is 2.19. The summed E-state index contributed by atoms with van der Waals surface area (Å²) in [6, 6.07) is 0. The molecule has 0 radical (unpaired) electrons. The Morgan fingerprint density at radius 3 is 2.58 bits per heavy atom. The van der Waals surface area contributed by atoms with Gasteiger partial charge in [-0.05, 0) is 0 Å². The van der Waals surface area contributed by atoms with Crippen molar-refractivity contribution in [2.45, 2.75) is 5.16 Å². The van der Waals surface area contributed by atoms with Crippen LogP contribution in [0.3, 0.4) is 0 Å². The highest BCUT2D eigenvalue weighted by Gasteiger charge is 2.08. The van der Waals surface area contributed by atoms with Crippen molar-refractivity contribution in [2.24, 2.45) is 7.05 Å². The molecule has 6 nitrogen and oxygen atoms in total. The second-order valence-corrected chi connectivity index (χ2v) is 3.46. The normalized spacial score (nSPS) is 12.8. The number of nitrogens with two attached hydrogens (primary N) is 1. The number of rotatable bonds is 1. The smallest absolute Gasteiger partial charge is 0.296 e. The van der Waals surface area contributed by atoms with Gasteiger partial charge in [-0.2, -0.15) is 0 Å². The standard InChI is InChI=1S/C5H8N4O2S/c1-9-4(10)3(6)7-8-5(9)12(2)11/h1-2H3,(H2,6,7). The number of nitrogen functional groups attached to an aromatic ring is 1. The van der Waals surface area contributed by atoms with E-state index >= 15 is 0 Å². The summed E-state index contributed by atoms with van der Waals surface area (Å²) >= 11 is 0. The molecule has 0 saturated heterocycles. The molecule has 1 heterocycles. The minimum atomic E-state index is -1.33. The van der Waals surface area contributed by atoms with Crippen LogP contribution >= 0.6 is 0 Å². The zero-order chi connectivity index (χ0) is 9.30. The van der Waals surface area contributed by atoms with Crippen molar-refractivity contribution in [3.05, 3.63) is 10.4 Å². The zero-order valence-corrected chi connectivity index (χ0v) is 7.46. The first-order valence-corrected chi connectivity index (χ1v) is 4.62. The van der Waals surface area contributed by atoms with E-state index in [1.165, 1.54) is 13.3 Å². The lowest BCUT2D eigenvalue weighted by Crippen LogP contribution is -2.26. The van der Waals surface area contributed by atoms with Crippen molar-refractivity contribution in [2.75, 3.05) is 12.0 Å². The molecule has 0 aliphatic rings. The number of aromatic nitrogens is 3. The third-order valence-electron chi connectivity index (χ3n) is 1.31. The number of hydrogen-bond donors (Lipinski definition) is 1. The van der Waals surface area contributed by atoms with Crippen LogP contribution in [-0.4, -0.2) is 25.2 Å². The Bertz CT molecular complexity index is 386. The molecule has 0 aromatic carbocycles. The molecule has 0 spiro atoms. The number of hydrogen-bond acceptors (Lipinski definition) is 5. The summed E-state index contributed by atoms with van der Waals surface area (Å²) in [6.45, 7) is 0. The largest absolute Gasteiger partial charge is 0.378 e. The van der Waals surface area contributed by atoms with E-state index in [0.29, 0.717) is 0 Å². The van der Waals surface area contributed by atoms with Crippen LogP contribution in [0.5, 0.6) is 0 Å². The van der Waals surface area contributed by atoms with Gasteiger partial charge in [-0.25, -0.2) is 0 Å². The Hall–Kier alpha value is -1.24. The molecular formula is C5H8N4O2S. The SMILES string of the molecule is Cn1c(S(C)=O)nnc(N)c1=O. The molecule has 0 amide bonds. The average Bonchev–Trinajstić information content (AvgIpc) is 2.00. The summed E-state index contributed by atoms with van der Waals surface area (Å²) in [5.74, 6) is -0.188. The van der Waals surface area contributed by atoms with E-state index in [4.69, 9.17) is 5.73 Å². The van der Waals surface area contributed by atoms with Crippen LogP contribution in [0.2, 0.25) is 0 Å². The molecule has 0 aliphatic heterocycles. The van der Waals surface area contributed by atoms with Gasteiger partial charge in [0.15, 0.2) is 0 Å². The van der Waals surface area contributed by atoms with Gasteiger partial charge in [0.05, 0.1) is 10.8 Å². The van der Waals surface area contributed by atoms with Gasteiger partial charge >= 0.3 is 0 Å². The third-order valence-corrected chi connectivity index (χ3v) is 2.18. The zero-order valence-electron chi connectivity index (χ0n) is 6.64. The van der Waals surface area contributed by atoms with Crippen LogP contribution in [0.15, 0.2) is 9.95 Å². The predicted molar refractivity (Wildman–Crippen MR) is 44.0 cm³/mol. The molecule has 66 valence electrons. The predicted octanol–water partition coefficient (Wildman–Crippen LogP) is -1.51. The Labute approximate surface area is 70.9 Å². The van der Waals surface area contributed by atoms with E-state index in [1.54, 1.807) is 0 Å². The lowest BCUT2D eigenvalue weighted by Gasteiger charge is -2.01. The highest BCUT2D eigenvalue weighted by Crippen LogP contribution is 1.94. The maximum absolute atomic E-state index is 11.1. The maximum Gasteiger partial charge on any atom is 0.296 e. The van der Waals surface area contributed by atoms with Gasteiger partial charge in [0.2, 0.25) is 11.0 Å². The van der Waals surface area contributed by atoms with E-state index < -0.39 is 16.4 Å². The molecule has 1 rings (SSSR count). The molecule has 7 heteroatoms. The van der Waals surface area contributed by atoms with Gasteiger partial charge in [0.25, 0.3) is 5.56 Å². The Morgan fingerprint density at radius 2 is 2.08 bits per heavy atom. The third kappa shape index (κ3) is 1.35. The van der Waals surface area contributed by atoms with E-state index in [2.05, 4.69) is 10.2 Å². The van der Waals surface area contributed by atoms with Crippen molar-refractivity contribution in [1.29, 1.82) is 0 Å².